The van der Waals surface area contributed by atoms with Crippen molar-refractivity contribution in [1.29, 1.82) is 5.26 Å². The van der Waals surface area contributed by atoms with Gasteiger partial charge in [-0.05, 0) is 93.0 Å². The molecule has 8 rings (SSSR count). The quantitative estimate of drug-likeness (QED) is 0.135. The zero-order chi connectivity index (χ0) is 23.8. The molecule has 2 nitrogen and oxygen atoms in total. The zero-order valence-electron chi connectivity index (χ0n) is 20.1. The number of pyridine rings is 1. The first-order chi connectivity index (χ1) is 17.8. The summed E-state index contributed by atoms with van der Waals surface area (Å²) in [4.78, 5) is 4.89. The van der Waals surface area contributed by atoms with Crippen molar-refractivity contribution in [3.05, 3.63) is 113 Å². The first-order valence-electron chi connectivity index (χ1n) is 12.6. The van der Waals surface area contributed by atoms with Crippen LogP contribution in [0.1, 0.15) is 27.8 Å². The minimum absolute atomic E-state index is 0. The van der Waals surface area contributed by atoms with Crippen LogP contribution < -0.4 is 0 Å². The summed E-state index contributed by atoms with van der Waals surface area (Å²) in [5.41, 5.74) is 11.5. The summed E-state index contributed by atoms with van der Waals surface area (Å²) in [6, 6.07) is 32.0. The van der Waals surface area contributed by atoms with E-state index in [-0.39, 0.29) is 20.1 Å². The van der Waals surface area contributed by atoms with Gasteiger partial charge < -0.3 is 4.98 Å². The molecule has 5 aromatic carbocycles. The Morgan fingerprint density at radius 2 is 1.38 bits per heavy atom. The molecule has 0 fully saturated rings. The predicted molar refractivity (Wildman–Crippen MR) is 146 cm³/mol. The third-order valence-electron chi connectivity index (χ3n) is 8.16. The van der Waals surface area contributed by atoms with Crippen LogP contribution in [0, 0.1) is 17.4 Å². The smallest absolute Gasteiger partial charge is 0.0991 e. The summed E-state index contributed by atoms with van der Waals surface area (Å²) in [6.45, 7) is 0. The molecule has 6 aromatic rings. The number of fused-ring (bicyclic) bond motifs is 5. The number of hydrogen-bond acceptors (Lipinski definition) is 2. The van der Waals surface area contributed by atoms with Crippen LogP contribution in [0.25, 0.3) is 54.7 Å². The molecule has 0 N–H and O–H groups in total. The van der Waals surface area contributed by atoms with E-state index in [4.69, 9.17) is 4.98 Å². The molecular weight excluding hydrogens is 629 g/mol. The van der Waals surface area contributed by atoms with Crippen molar-refractivity contribution in [2.24, 2.45) is 0 Å². The normalized spacial score (nSPS) is 13.3. The first kappa shape index (κ1) is 22.4. The number of aromatic nitrogens is 1. The molecule has 1 aromatic heterocycles. The summed E-state index contributed by atoms with van der Waals surface area (Å²) >= 11 is 0. The predicted octanol–water partition coefficient (Wildman–Crippen LogP) is 7.74. The average Bonchev–Trinajstić information content (AvgIpc) is 2.94. The van der Waals surface area contributed by atoms with Gasteiger partial charge in [-0.2, -0.15) is 5.26 Å². The number of benzene rings is 5. The largest absolute Gasteiger partial charge is 0.304 e. The van der Waals surface area contributed by atoms with Gasteiger partial charge in [-0.15, -0.1) is 28.8 Å². The van der Waals surface area contributed by atoms with E-state index in [1.54, 1.807) is 0 Å². The molecule has 2 aliphatic carbocycles. The van der Waals surface area contributed by atoms with Gasteiger partial charge in [-0.3, -0.25) is 0 Å². The topological polar surface area (TPSA) is 36.7 Å². The molecule has 37 heavy (non-hydrogen) atoms. The molecule has 0 aliphatic heterocycles. The van der Waals surface area contributed by atoms with Crippen molar-refractivity contribution in [3.63, 3.8) is 0 Å². The molecule has 0 saturated heterocycles. The summed E-state index contributed by atoms with van der Waals surface area (Å²) in [7, 11) is 0. The molecule has 0 spiro atoms. The van der Waals surface area contributed by atoms with E-state index in [9.17, 15) is 5.26 Å². The molecule has 0 atom stereocenters. The third-order valence-corrected chi connectivity index (χ3v) is 8.16. The fourth-order valence-electron chi connectivity index (χ4n) is 6.54. The summed E-state index contributed by atoms with van der Waals surface area (Å²) in [5, 5.41) is 16.3. The van der Waals surface area contributed by atoms with E-state index in [0.717, 1.165) is 47.7 Å². The van der Waals surface area contributed by atoms with Gasteiger partial charge in [0, 0.05) is 26.3 Å². The molecule has 2 aliphatic rings. The standard InChI is InChI=1S/C34H21N2.Ir/c35-19-20-4-10-27-23(16-20)9-11-29-28(27)12-13-31-30(29)14-15-36-34(31)26-17-24-7-5-21-2-1-3-22-6-8-25(18-26)33(24)32(21)22;/h1-4,9-17H,5-8H2;/q-1;. The zero-order valence-corrected chi connectivity index (χ0v) is 22.5. The second-order valence-corrected chi connectivity index (χ2v) is 10.0. The number of aryl methyl sites for hydroxylation is 4. The van der Waals surface area contributed by atoms with Crippen LogP contribution in [0.5, 0.6) is 0 Å². The summed E-state index contributed by atoms with van der Waals surface area (Å²) in [5.74, 6) is 0. The summed E-state index contributed by atoms with van der Waals surface area (Å²) < 4.78 is 0. The molecular formula is C34H21IrN2-. The van der Waals surface area contributed by atoms with Crippen molar-refractivity contribution >= 4 is 32.3 Å². The van der Waals surface area contributed by atoms with Gasteiger partial charge in [0.25, 0.3) is 0 Å². The fourth-order valence-corrected chi connectivity index (χ4v) is 6.54. The van der Waals surface area contributed by atoms with Crippen molar-refractivity contribution < 1.29 is 20.1 Å². The molecule has 1 heterocycles. The van der Waals surface area contributed by atoms with Gasteiger partial charge in [-0.25, -0.2) is 0 Å². The molecule has 0 bridgehead atoms. The van der Waals surface area contributed by atoms with Gasteiger partial charge >= 0.3 is 0 Å². The number of nitriles is 1. The molecule has 0 unspecified atom stereocenters. The van der Waals surface area contributed by atoms with Crippen LogP contribution in [0.3, 0.4) is 0 Å². The second-order valence-electron chi connectivity index (χ2n) is 10.0. The van der Waals surface area contributed by atoms with E-state index >= 15 is 0 Å². The van der Waals surface area contributed by atoms with Crippen molar-refractivity contribution in [2.75, 3.05) is 0 Å². The molecule has 3 heteroatoms. The van der Waals surface area contributed by atoms with Crippen LogP contribution in [0.15, 0.2) is 79.0 Å². The molecule has 177 valence electrons. The van der Waals surface area contributed by atoms with Crippen molar-refractivity contribution in [3.8, 4) is 28.5 Å². The monoisotopic (exact) mass is 650 g/mol. The Morgan fingerprint density at radius 3 is 2.24 bits per heavy atom. The maximum Gasteiger partial charge on any atom is 0.0991 e. The Morgan fingerprint density at radius 1 is 0.676 bits per heavy atom. The van der Waals surface area contributed by atoms with Crippen LogP contribution >= 0.6 is 0 Å². The molecule has 0 amide bonds. The number of nitrogens with zero attached hydrogens (tertiary/aromatic N) is 2. The number of rotatable bonds is 1. The minimum atomic E-state index is 0. The summed E-state index contributed by atoms with van der Waals surface area (Å²) in [6.07, 6.45) is 6.24. The van der Waals surface area contributed by atoms with Gasteiger partial charge in [0.1, 0.15) is 0 Å². The Hall–Kier alpha value is -3.83. The maximum atomic E-state index is 9.29. The van der Waals surface area contributed by atoms with E-state index in [1.807, 2.05) is 18.3 Å². The van der Waals surface area contributed by atoms with Gasteiger partial charge in [0.2, 0.25) is 0 Å². The second kappa shape index (κ2) is 8.35. The molecule has 0 saturated carbocycles. The van der Waals surface area contributed by atoms with Gasteiger partial charge in [0.05, 0.1) is 11.6 Å². The van der Waals surface area contributed by atoms with Crippen molar-refractivity contribution in [1.82, 2.24) is 4.98 Å². The van der Waals surface area contributed by atoms with Crippen LogP contribution in [0.2, 0.25) is 0 Å². The SMILES string of the molecule is N#Cc1ccc2c(ccc3c4ccnc(-c5[c-]c6c7c(c5)CCc5cccc(c5-7)CC6)c4ccc23)c1.[Ir]. The molecule has 1 radical (unpaired) electrons. The Labute approximate surface area is 228 Å². The van der Waals surface area contributed by atoms with Gasteiger partial charge in [-0.1, -0.05) is 59.7 Å². The van der Waals surface area contributed by atoms with Crippen molar-refractivity contribution in [2.45, 2.75) is 25.7 Å². The average molecular weight is 650 g/mol. The van der Waals surface area contributed by atoms with Crippen LogP contribution in [-0.4, -0.2) is 4.98 Å². The van der Waals surface area contributed by atoms with E-state index in [2.05, 4.69) is 72.8 Å². The van der Waals surface area contributed by atoms with Crippen LogP contribution in [0.4, 0.5) is 0 Å². The minimum Gasteiger partial charge on any atom is -0.304 e. The Balaban J connectivity index is 0.00000231. The number of hydrogen-bond donors (Lipinski definition) is 0. The Bertz CT molecular complexity index is 1910. The maximum absolute atomic E-state index is 9.29. The Kier molecular flexibility index (Phi) is 5.05. The first-order valence-corrected chi connectivity index (χ1v) is 12.6. The van der Waals surface area contributed by atoms with Crippen LogP contribution in [-0.2, 0) is 45.8 Å². The van der Waals surface area contributed by atoms with Gasteiger partial charge in [0.15, 0.2) is 0 Å². The van der Waals surface area contributed by atoms with E-state index in [1.165, 1.54) is 54.9 Å². The van der Waals surface area contributed by atoms with E-state index in [0.29, 0.717) is 5.56 Å². The van der Waals surface area contributed by atoms with E-state index < -0.39 is 0 Å². The third kappa shape index (κ3) is 3.23. The fraction of sp³-hybridized carbons (Fsp3) is 0.118.